The van der Waals surface area contributed by atoms with Crippen LogP contribution in [0.5, 0.6) is 0 Å². The van der Waals surface area contributed by atoms with Crippen LogP contribution in [0.4, 0.5) is 0 Å². The predicted octanol–water partition coefficient (Wildman–Crippen LogP) is 6.18. The molecule has 0 unspecified atom stereocenters. The van der Waals surface area contributed by atoms with Crippen LogP contribution in [0.25, 0.3) is 45.7 Å². The first-order valence-electron chi connectivity index (χ1n) is 13.3. The van der Waals surface area contributed by atoms with Gasteiger partial charge in [-0.2, -0.15) is 9.97 Å². The van der Waals surface area contributed by atoms with Gasteiger partial charge in [0.05, 0.1) is 18.8 Å². The van der Waals surface area contributed by atoms with Gasteiger partial charge in [0.25, 0.3) is 11.8 Å². The van der Waals surface area contributed by atoms with Crippen molar-refractivity contribution >= 4 is 11.9 Å². The van der Waals surface area contributed by atoms with Gasteiger partial charge in [0.2, 0.25) is 11.6 Å². The van der Waals surface area contributed by atoms with Crippen molar-refractivity contribution in [3.05, 3.63) is 83.9 Å². The summed E-state index contributed by atoms with van der Waals surface area (Å²) in [5.74, 6) is 0.726. The van der Waals surface area contributed by atoms with E-state index in [9.17, 15) is 9.59 Å². The Balaban J connectivity index is 1.27. The molecule has 0 fully saturated rings. The third-order valence-corrected chi connectivity index (χ3v) is 6.23. The van der Waals surface area contributed by atoms with Gasteiger partial charge in [0.1, 0.15) is 0 Å². The summed E-state index contributed by atoms with van der Waals surface area (Å²) in [6, 6.07) is 22.2. The Bertz CT molecular complexity index is 1660. The van der Waals surface area contributed by atoms with E-state index in [2.05, 4.69) is 33.3 Å². The molecule has 10 nitrogen and oxygen atoms in total. The number of esters is 2. The molecular formula is C31H28N4O6. The smallest absolute Gasteiger partial charge is 0.338 e. The highest BCUT2D eigenvalue weighted by atomic mass is 16.5. The van der Waals surface area contributed by atoms with Gasteiger partial charge < -0.3 is 18.5 Å². The molecule has 208 valence electrons. The number of nitrogens with zero attached hydrogens (tertiary/aromatic N) is 4. The van der Waals surface area contributed by atoms with E-state index in [4.69, 9.17) is 18.5 Å². The van der Waals surface area contributed by atoms with Gasteiger partial charge in [0, 0.05) is 35.1 Å². The van der Waals surface area contributed by atoms with Crippen LogP contribution >= 0.6 is 0 Å². The molecule has 0 aliphatic rings. The molecule has 5 aromatic rings. The molecule has 0 amide bonds. The second kappa shape index (κ2) is 12.8. The second-order valence-corrected chi connectivity index (χ2v) is 9.13. The maximum atomic E-state index is 12.5. The molecule has 3 aromatic carbocycles. The number of carbonyl (C=O) groups excluding carboxylic acids is 2. The van der Waals surface area contributed by atoms with E-state index in [1.165, 1.54) is 5.56 Å². The Morgan fingerprint density at radius 3 is 1.95 bits per heavy atom. The first-order valence-corrected chi connectivity index (χ1v) is 13.3. The number of benzene rings is 3. The van der Waals surface area contributed by atoms with Gasteiger partial charge in [-0.1, -0.05) is 60.6 Å². The van der Waals surface area contributed by atoms with Gasteiger partial charge in [0.15, 0.2) is 0 Å². The average Bonchev–Trinajstić information content (AvgIpc) is 3.72. The number of rotatable bonds is 11. The molecule has 0 bridgehead atoms. The maximum Gasteiger partial charge on any atom is 0.338 e. The first kappa shape index (κ1) is 27.4. The lowest BCUT2D eigenvalue weighted by molar-refractivity contribution is -0.143. The summed E-state index contributed by atoms with van der Waals surface area (Å²) in [5, 5.41) is 8.25. The van der Waals surface area contributed by atoms with Crippen molar-refractivity contribution in [3.8, 4) is 45.7 Å². The lowest BCUT2D eigenvalue weighted by Gasteiger charge is -2.06. The van der Waals surface area contributed by atoms with E-state index < -0.39 is 5.97 Å². The maximum absolute atomic E-state index is 12.5. The van der Waals surface area contributed by atoms with Crippen molar-refractivity contribution in [3.63, 3.8) is 0 Å². The Morgan fingerprint density at radius 2 is 1.29 bits per heavy atom. The lowest BCUT2D eigenvalue weighted by atomic mass is 10.1. The summed E-state index contributed by atoms with van der Waals surface area (Å²) in [6.07, 6.45) is 1.64. The van der Waals surface area contributed by atoms with Gasteiger partial charge in [-0.05, 0) is 48.4 Å². The van der Waals surface area contributed by atoms with Crippen molar-refractivity contribution in [2.75, 3.05) is 13.2 Å². The minimum absolute atomic E-state index is 0.134. The zero-order valence-electron chi connectivity index (χ0n) is 22.7. The average molecular weight is 553 g/mol. The van der Waals surface area contributed by atoms with Crippen molar-refractivity contribution in [1.29, 1.82) is 0 Å². The molecule has 41 heavy (non-hydrogen) atoms. The quantitative estimate of drug-likeness (QED) is 0.138. The summed E-state index contributed by atoms with van der Waals surface area (Å²) in [7, 11) is 0. The zero-order chi connectivity index (χ0) is 28.6. The van der Waals surface area contributed by atoms with Crippen LogP contribution in [0.1, 0.15) is 42.6 Å². The number of hydrogen-bond donors (Lipinski definition) is 0. The lowest BCUT2D eigenvalue weighted by Crippen LogP contribution is -2.10. The summed E-state index contributed by atoms with van der Waals surface area (Å²) in [6.45, 7) is 4.15. The van der Waals surface area contributed by atoms with Crippen LogP contribution in [0.3, 0.4) is 0 Å². The molecule has 0 atom stereocenters. The highest BCUT2D eigenvalue weighted by Gasteiger charge is 2.16. The van der Waals surface area contributed by atoms with E-state index in [0.717, 1.165) is 12.0 Å². The van der Waals surface area contributed by atoms with Crippen molar-refractivity contribution in [1.82, 2.24) is 20.3 Å². The van der Waals surface area contributed by atoms with Crippen molar-refractivity contribution in [2.45, 2.75) is 33.1 Å². The third-order valence-electron chi connectivity index (χ3n) is 6.23. The largest absolute Gasteiger partial charge is 0.466 e. The van der Waals surface area contributed by atoms with Gasteiger partial charge in [-0.15, -0.1) is 0 Å². The van der Waals surface area contributed by atoms with E-state index in [1.807, 2.05) is 42.5 Å². The molecule has 0 radical (unpaired) electrons. The molecule has 0 N–H and O–H groups in total. The topological polar surface area (TPSA) is 130 Å². The molecule has 0 spiro atoms. The molecule has 0 aliphatic carbocycles. The molecule has 2 heterocycles. The number of aryl methyl sites for hydroxylation is 1. The number of hydrogen-bond acceptors (Lipinski definition) is 10. The van der Waals surface area contributed by atoms with Crippen LogP contribution in [-0.2, 0) is 20.7 Å². The Hall–Kier alpha value is -5.12. The van der Waals surface area contributed by atoms with E-state index in [-0.39, 0.29) is 19.2 Å². The standard InChI is InChI=1S/C31H28N4O6/c1-3-20-9-5-10-21(17-20)27-32-29(40-34-27)23-12-7-13-24(19-23)30-33-28(35-41-30)22-11-6-14-25(18-22)31(37)39-16-8-15-38-26(36)4-2/h5-7,9-14,17-19H,3-4,8,15-16H2,1-2H3. The van der Waals surface area contributed by atoms with Gasteiger partial charge >= 0.3 is 11.9 Å². The van der Waals surface area contributed by atoms with Gasteiger partial charge in [-0.25, -0.2) is 4.79 Å². The Morgan fingerprint density at radius 1 is 0.707 bits per heavy atom. The van der Waals surface area contributed by atoms with E-state index >= 15 is 0 Å². The molecule has 10 heteroatoms. The molecule has 5 rings (SSSR count). The fourth-order valence-corrected chi connectivity index (χ4v) is 4.01. The normalized spacial score (nSPS) is 10.9. The molecule has 0 saturated carbocycles. The molecule has 0 aliphatic heterocycles. The van der Waals surface area contributed by atoms with Crippen LogP contribution in [0.15, 0.2) is 81.8 Å². The van der Waals surface area contributed by atoms with E-state index in [1.54, 1.807) is 31.2 Å². The van der Waals surface area contributed by atoms with Crippen LogP contribution in [0, 0.1) is 0 Å². The second-order valence-electron chi connectivity index (χ2n) is 9.13. The summed E-state index contributed by atoms with van der Waals surface area (Å²) < 4.78 is 21.4. The highest BCUT2D eigenvalue weighted by molar-refractivity contribution is 5.90. The first-order chi connectivity index (χ1) is 20.0. The fraction of sp³-hybridized carbons (Fsp3) is 0.226. The molecule has 2 aromatic heterocycles. The number of ether oxygens (including phenoxy) is 2. The highest BCUT2D eigenvalue weighted by Crippen LogP contribution is 2.28. The zero-order valence-corrected chi connectivity index (χ0v) is 22.7. The monoisotopic (exact) mass is 552 g/mol. The number of aromatic nitrogens is 4. The predicted molar refractivity (Wildman–Crippen MR) is 149 cm³/mol. The van der Waals surface area contributed by atoms with Crippen LogP contribution < -0.4 is 0 Å². The van der Waals surface area contributed by atoms with Gasteiger partial charge in [-0.3, -0.25) is 4.79 Å². The van der Waals surface area contributed by atoms with Crippen molar-refractivity contribution in [2.24, 2.45) is 0 Å². The van der Waals surface area contributed by atoms with Crippen molar-refractivity contribution < 1.29 is 28.1 Å². The van der Waals surface area contributed by atoms with Crippen LogP contribution in [-0.4, -0.2) is 45.4 Å². The Kier molecular flexibility index (Phi) is 8.58. The summed E-state index contributed by atoms with van der Waals surface area (Å²) >= 11 is 0. The summed E-state index contributed by atoms with van der Waals surface area (Å²) in [4.78, 5) is 32.8. The minimum atomic E-state index is -0.495. The molecular weight excluding hydrogens is 524 g/mol. The van der Waals surface area contributed by atoms with E-state index in [0.29, 0.717) is 58.5 Å². The minimum Gasteiger partial charge on any atom is -0.466 e. The summed E-state index contributed by atoms with van der Waals surface area (Å²) in [5.41, 5.74) is 4.41. The molecule has 0 saturated heterocycles. The van der Waals surface area contributed by atoms with Crippen LogP contribution in [0.2, 0.25) is 0 Å². The Labute approximate surface area is 236 Å². The SMILES string of the molecule is CCC(=O)OCCCOC(=O)c1cccc(-c2noc(-c3cccc(-c4nc(-c5cccc(CC)c5)no4)c3)n2)c1. The fourth-order valence-electron chi connectivity index (χ4n) is 4.01. The number of carbonyl (C=O) groups is 2. The third kappa shape index (κ3) is 6.73.